The van der Waals surface area contributed by atoms with E-state index in [2.05, 4.69) is 25.5 Å². The van der Waals surface area contributed by atoms with Crippen molar-refractivity contribution in [2.24, 2.45) is 51.2 Å². The topological polar surface area (TPSA) is 83.5 Å². The van der Waals surface area contributed by atoms with Crippen LogP contribution in [0.1, 0.15) is 104 Å². The van der Waals surface area contributed by atoms with Crippen molar-refractivity contribution in [1.29, 1.82) is 0 Å². The average Bonchev–Trinajstić information content (AvgIpc) is 3.92. The number of rotatable bonds is 6. The highest BCUT2D eigenvalue weighted by Gasteiger charge is 2.80. The van der Waals surface area contributed by atoms with Gasteiger partial charge in [0.15, 0.2) is 6.29 Å². The Bertz CT molecular complexity index is 1160. The molecule has 0 bridgehead atoms. The van der Waals surface area contributed by atoms with Crippen LogP contribution in [0, 0.1) is 51.2 Å². The van der Waals surface area contributed by atoms with Crippen molar-refractivity contribution in [2.45, 2.75) is 129 Å². The van der Waals surface area contributed by atoms with Gasteiger partial charge in [0, 0.05) is 13.0 Å². The van der Waals surface area contributed by atoms with Crippen LogP contribution in [0.15, 0.2) is 0 Å². The molecule has 6 aliphatic carbocycles. The fourth-order valence-electron chi connectivity index (χ4n) is 12.7. The summed E-state index contributed by atoms with van der Waals surface area (Å²) in [6, 6.07) is 0. The Labute approximate surface area is 263 Å². The van der Waals surface area contributed by atoms with Gasteiger partial charge in [0.25, 0.3) is 0 Å². The third kappa shape index (κ3) is 4.53. The van der Waals surface area contributed by atoms with E-state index in [1.807, 2.05) is 4.90 Å². The Kier molecular flexibility index (Phi) is 7.20. The minimum absolute atomic E-state index is 0.0105. The SMILES string of the molecule is COC(=O)OCC1CCC2C(CC3C4CCC5C(C)(C)C(OC6CN(C(=O)CC7CC7)CCO6)CCC56CC46CCC23C)O1. The maximum absolute atomic E-state index is 12.8. The lowest BCUT2D eigenvalue weighted by molar-refractivity contribution is -0.244. The molecule has 6 saturated carbocycles. The van der Waals surface area contributed by atoms with Gasteiger partial charge >= 0.3 is 6.16 Å². The van der Waals surface area contributed by atoms with Crippen LogP contribution in [0.3, 0.4) is 0 Å². The van der Waals surface area contributed by atoms with Gasteiger partial charge in [0.2, 0.25) is 5.91 Å². The standard InChI is InChI=1S/C36H55NO7/c1-33(2)28-10-9-24-26-18-27-25(8-7-23(43-27)20-42-32(39)40-4)34(26,3)13-14-35(24)21-36(28,35)12-11-29(33)44-31-19-37(15-16-41-31)30(38)17-22-5-6-22/h22-29,31H,5-21H2,1-4H3. The minimum atomic E-state index is -0.615. The molecular formula is C36H55NO7. The first-order valence-corrected chi connectivity index (χ1v) is 18.0. The third-order valence-corrected chi connectivity index (χ3v) is 15.0. The molecule has 0 aromatic heterocycles. The highest BCUT2D eigenvalue weighted by molar-refractivity contribution is 5.76. The number of hydrogen-bond acceptors (Lipinski definition) is 7. The molecule has 0 aromatic rings. The molecule has 246 valence electrons. The minimum Gasteiger partial charge on any atom is -0.438 e. The predicted octanol–water partition coefficient (Wildman–Crippen LogP) is 6.35. The molecule has 11 atom stereocenters. The molecule has 0 radical (unpaired) electrons. The molecule has 11 unspecified atom stereocenters. The van der Waals surface area contributed by atoms with Crippen LogP contribution in [0.4, 0.5) is 4.79 Å². The first-order chi connectivity index (χ1) is 21.1. The summed E-state index contributed by atoms with van der Waals surface area (Å²) in [7, 11) is 1.36. The van der Waals surface area contributed by atoms with Gasteiger partial charge in [-0.1, -0.05) is 20.8 Å². The van der Waals surface area contributed by atoms with Gasteiger partial charge in [0.05, 0.1) is 38.6 Å². The second-order valence-corrected chi connectivity index (χ2v) is 17.1. The monoisotopic (exact) mass is 613 g/mol. The van der Waals surface area contributed by atoms with Crippen LogP contribution in [-0.4, -0.2) is 75.0 Å². The van der Waals surface area contributed by atoms with Crippen molar-refractivity contribution >= 4 is 12.1 Å². The number of carbonyl (C=O) groups excluding carboxylic acids is 2. The van der Waals surface area contributed by atoms with E-state index >= 15 is 0 Å². The lowest BCUT2D eigenvalue weighted by Gasteiger charge is -2.60. The molecule has 0 N–H and O–H groups in total. The first-order valence-electron chi connectivity index (χ1n) is 18.0. The summed E-state index contributed by atoms with van der Waals surface area (Å²) in [5, 5.41) is 0. The number of ether oxygens (including phenoxy) is 5. The largest absolute Gasteiger partial charge is 0.508 e. The third-order valence-electron chi connectivity index (χ3n) is 15.0. The number of methoxy groups -OCH3 is 1. The second kappa shape index (κ2) is 10.6. The molecule has 8 heteroatoms. The molecule has 1 amide bonds. The zero-order chi connectivity index (χ0) is 30.5. The molecule has 2 aliphatic heterocycles. The second-order valence-electron chi connectivity index (χ2n) is 17.1. The highest BCUT2D eigenvalue weighted by atomic mass is 16.7. The van der Waals surface area contributed by atoms with E-state index in [0.29, 0.717) is 72.8 Å². The van der Waals surface area contributed by atoms with Crippen molar-refractivity contribution in [2.75, 3.05) is 33.4 Å². The Morgan fingerprint density at radius 3 is 2.52 bits per heavy atom. The molecule has 8 nitrogen and oxygen atoms in total. The van der Waals surface area contributed by atoms with Gasteiger partial charge in [-0.15, -0.1) is 0 Å². The molecule has 8 fully saturated rings. The van der Waals surface area contributed by atoms with E-state index in [0.717, 1.165) is 24.7 Å². The Balaban J connectivity index is 0.934. The van der Waals surface area contributed by atoms with Crippen molar-refractivity contribution in [3.05, 3.63) is 0 Å². The summed E-state index contributed by atoms with van der Waals surface area (Å²) in [4.78, 5) is 26.4. The molecule has 8 rings (SSSR count). The predicted molar refractivity (Wildman–Crippen MR) is 162 cm³/mol. The van der Waals surface area contributed by atoms with Crippen LogP contribution in [-0.2, 0) is 28.5 Å². The molecule has 2 heterocycles. The normalized spacial score (nSPS) is 48.6. The van der Waals surface area contributed by atoms with Crippen molar-refractivity contribution < 1.29 is 33.3 Å². The van der Waals surface area contributed by atoms with Crippen LogP contribution in [0.5, 0.6) is 0 Å². The van der Waals surface area contributed by atoms with E-state index < -0.39 is 6.16 Å². The first kappa shape index (κ1) is 30.0. The molecule has 2 saturated heterocycles. The van der Waals surface area contributed by atoms with E-state index in [-0.39, 0.29) is 29.8 Å². The van der Waals surface area contributed by atoms with Crippen LogP contribution in [0.2, 0.25) is 0 Å². The summed E-state index contributed by atoms with van der Waals surface area (Å²) < 4.78 is 29.6. The lowest BCUT2D eigenvalue weighted by atomic mass is 9.46. The van der Waals surface area contributed by atoms with Crippen LogP contribution >= 0.6 is 0 Å². The van der Waals surface area contributed by atoms with Gasteiger partial charge < -0.3 is 28.6 Å². The Morgan fingerprint density at radius 2 is 1.73 bits per heavy atom. The zero-order valence-electron chi connectivity index (χ0n) is 27.5. The van der Waals surface area contributed by atoms with Crippen LogP contribution < -0.4 is 0 Å². The van der Waals surface area contributed by atoms with Gasteiger partial charge in [-0.25, -0.2) is 4.79 Å². The smallest absolute Gasteiger partial charge is 0.438 e. The summed E-state index contributed by atoms with van der Waals surface area (Å²) >= 11 is 0. The fraction of sp³-hybridized carbons (Fsp3) is 0.944. The lowest BCUT2D eigenvalue weighted by Crippen LogP contribution is -2.56. The number of carbonyl (C=O) groups is 2. The van der Waals surface area contributed by atoms with Gasteiger partial charge in [-0.05, 0) is 128 Å². The number of fused-ring (bicyclic) bond motifs is 4. The molecular weight excluding hydrogens is 558 g/mol. The molecule has 0 aromatic carbocycles. The fourth-order valence-corrected chi connectivity index (χ4v) is 12.7. The average molecular weight is 614 g/mol. The maximum atomic E-state index is 12.8. The van der Waals surface area contributed by atoms with Crippen molar-refractivity contribution in [1.82, 2.24) is 4.90 Å². The molecule has 2 spiro atoms. The number of amides is 1. The van der Waals surface area contributed by atoms with Gasteiger partial charge in [0.1, 0.15) is 6.61 Å². The van der Waals surface area contributed by atoms with E-state index in [4.69, 9.17) is 18.9 Å². The number of hydrogen-bond donors (Lipinski definition) is 0. The Hall–Kier alpha value is -1.38. The zero-order valence-corrected chi connectivity index (χ0v) is 27.5. The van der Waals surface area contributed by atoms with E-state index in [9.17, 15) is 9.59 Å². The quantitative estimate of drug-likeness (QED) is 0.323. The van der Waals surface area contributed by atoms with Gasteiger partial charge in [-0.2, -0.15) is 0 Å². The van der Waals surface area contributed by atoms with E-state index in [1.54, 1.807) is 0 Å². The number of nitrogens with zero attached hydrogens (tertiary/aromatic N) is 1. The Morgan fingerprint density at radius 1 is 0.909 bits per heavy atom. The van der Waals surface area contributed by atoms with E-state index in [1.165, 1.54) is 71.3 Å². The summed E-state index contributed by atoms with van der Waals surface area (Å²) in [5.74, 6) is 3.75. The maximum Gasteiger partial charge on any atom is 0.508 e. The summed E-state index contributed by atoms with van der Waals surface area (Å²) in [6.45, 7) is 9.73. The van der Waals surface area contributed by atoms with Crippen molar-refractivity contribution in [3.63, 3.8) is 0 Å². The summed E-state index contributed by atoms with van der Waals surface area (Å²) in [6.07, 6.45) is 15.1. The van der Waals surface area contributed by atoms with Gasteiger partial charge in [-0.3, -0.25) is 4.79 Å². The summed E-state index contributed by atoms with van der Waals surface area (Å²) in [5.41, 5.74) is 1.42. The molecule has 44 heavy (non-hydrogen) atoms. The number of morpholine rings is 1. The van der Waals surface area contributed by atoms with Crippen molar-refractivity contribution in [3.8, 4) is 0 Å². The van der Waals surface area contributed by atoms with Crippen LogP contribution in [0.25, 0.3) is 0 Å². The molecule has 8 aliphatic rings. The highest BCUT2D eigenvalue weighted by Crippen LogP contribution is 2.87.